The second-order valence-electron chi connectivity index (χ2n) is 6.95. The molecule has 1 aromatic rings. The number of carboxylic acid groups (broad SMARTS) is 2. The smallest absolute Gasteiger partial charge is 0.414 e. The molecule has 0 aliphatic heterocycles. The lowest BCUT2D eigenvalue weighted by Crippen LogP contribution is -2.53. The van der Waals surface area contributed by atoms with Crippen LogP contribution in [-0.4, -0.2) is 65.7 Å². The summed E-state index contributed by atoms with van der Waals surface area (Å²) in [6.07, 6.45) is 6.16. The molecule has 0 atom stereocenters. The highest BCUT2D eigenvalue weighted by atomic mass is 19.1. The van der Waals surface area contributed by atoms with Crippen molar-refractivity contribution in [3.8, 4) is 0 Å². The van der Waals surface area contributed by atoms with Gasteiger partial charge in [-0.05, 0) is 51.2 Å². The van der Waals surface area contributed by atoms with E-state index in [0.29, 0.717) is 5.69 Å². The van der Waals surface area contributed by atoms with Crippen LogP contribution in [0.2, 0.25) is 0 Å². The van der Waals surface area contributed by atoms with E-state index in [0.717, 1.165) is 6.54 Å². The normalized spacial score (nSPS) is 15.3. The fraction of sp³-hybridized carbons (Fsp3) is 0.526. The number of hydrogen-bond acceptors (Lipinski definition) is 5. The quantitative estimate of drug-likeness (QED) is 0.540. The Balaban J connectivity index is 0.000000568. The Labute approximate surface area is 163 Å². The highest BCUT2D eigenvalue weighted by Gasteiger charge is 2.33. The molecule has 4 N–H and O–H groups in total. The molecule has 0 saturated heterocycles. The molecule has 0 bridgehead atoms. The van der Waals surface area contributed by atoms with Crippen LogP contribution in [0.5, 0.6) is 0 Å². The molecular formula is C19H28FN3O5. The van der Waals surface area contributed by atoms with Crippen molar-refractivity contribution in [3.63, 3.8) is 0 Å². The maximum atomic E-state index is 12.8. The minimum atomic E-state index is -1.82. The number of benzene rings is 1. The Morgan fingerprint density at radius 1 is 1.04 bits per heavy atom. The predicted octanol–water partition coefficient (Wildman–Crippen LogP) is 1.77. The topological polar surface area (TPSA) is 119 Å². The number of rotatable bonds is 6. The Morgan fingerprint density at radius 3 is 2.04 bits per heavy atom. The molecule has 1 aromatic carbocycles. The van der Waals surface area contributed by atoms with Crippen molar-refractivity contribution in [2.24, 2.45) is 0 Å². The molecule has 2 rings (SSSR count). The SMILES string of the molecule is CN(C)C1(CNCC(=O)Nc2ccc(F)cc2)CCCCC1.O=C(O)C(=O)O. The molecule has 9 heteroatoms. The zero-order chi connectivity index (χ0) is 21.2. The number of halogens is 1. The third kappa shape index (κ3) is 8.01. The van der Waals surface area contributed by atoms with E-state index < -0.39 is 11.9 Å². The molecule has 0 unspecified atom stereocenters. The molecule has 0 radical (unpaired) electrons. The number of carboxylic acids is 2. The van der Waals surface area contributed by atoms with E-state index in [1.165, 1.54) is 44.2 Å². The lowest BCUT2D eigenvalue weighted by Gasteiger charge is -2.43. The fourth-order valence-corrected chi connectivity index (χ4v) is 3.14. The summed E-state index contributed by atoms with van der Waals surface area (Å²) in [5.74, 6) is -4.05. The number of carbonyl (C=O) groups excluding carboxylic acids is 1. The van der Waals surface area contributed by atoms with Crippen LogP contribution in [0.4, 0.5) is 10.1 Å². The zero-order valence-electron chi connectivity index (χ0n) is 16.2. The van der Waals surface area contributed by atoms with Gasteiger partial charge in [0, 0.05) is 17.8 Å². The Morgan fingerprint density at radius 2 is 1.57 bits per heavy atom. The van der Waals surface area contributed by atoms with E-state index in [-0.39, 0.29) is 23.8 Å². The first kappa shape index (κ1) is 23.5. The third-order valence-electron chi connectivity index (χ3n) is 4.78. The number of nitrogens with one attached hydrogen (secondary N) is 2. The van der Waals surface area contributed by atoms with Crippen LogP contribution in [0.1, 0.15) is 32.1 Å². The molecule has 28 heavy (non-hydrogen) atoms. The first-order valence-electron chi connectivity index (χ1n) is 9.06. The van der Waals surface area contributed by atoms with Gasteiger partial charge in [-0.3, -0.25) is 4.79 Å². The van der Waals surface area contributed by atoms with Gasteiger partial charge in [0.1, 0.15) is 5.82 Å². The lowest BCUT2D eigenvalue weighted by atomic mass is 9.80. The highest BCUT2D eigenvalue weighted by molar-refractivity contribution is 6.27. The number of anilines is 1. The molecule has 1 fully saturated rings. The Bertz CT molecular complexity index is 646. The summed E-state index contributed by atoms with van der Waals surface area (Å²) in [6, 6.07) is 5.81. The monoisotopic (exact) mass is 397 g/mol. The summed E-state index contributed by atoms with van der Waals surface area (Å²) in [6.45, 7) is 1.09. The van der Waals surface area contributed by atoms with Gasteiger partial charge < -0.3 is 25.7 Å². The fourth-order valence-electron chi connectivity index (χ4n) is 3.14. The van der Waals surface area contributed by atoms with E-state index in [1.54, 1.807) is 12.1 Å². The standard InChI is InChI=1S/C17H26FN3O.C2H2O4/c1-21(2)17(10-4-3-5-11-17)13-19-12-16(22)20-15-8-6-14(18)7-9-15;3-1(4)2(5)6/h6-9,19H,3-5,10-13H2,1-2H3,(H,20,22);(H,3,4)(H,5,6). The summed E-state index contributed by atoms with van der Waals surface area (Å²) in [5, 5.41) is 20.8. The van der Waals surface area contributed by atoms with E-state index in [4.69, 9.17) is 19.8 Å². The largest absolute Gasteiger partial charge is 0.473 e. The van der Waals surface area contributed by atoms with Crippen LogP contribution in [0, 0.1) is 5.82 Å². The van der Waals surface area contributed by atoms with Gasteiger partial charge >= 0.3 is 11.9 Å². The van der Waals surface area contributed by atoms with E-state index in [9.17, 15) is 9.18 Å². The van der Waals surface area contributed by atoms with Gasteiger partial charge in [0.2, 0.25) is 5.91 Å². The van der Waals surface area contributed by atoms with Crippen LogP contribution in [0.25, 0.3) is 0 Å². The molecular weight excluding hydrogens is 369 g/mol. The average molecular weight is 397 g/mol. The Hall–Kier alpha value is -2.52. The lowest BCUT2D eigenvalue weighted by molar-refractivity contribution is -0.159. The minimum Gasteiger partial charge on any atom is -0.473 e. The van der Waals surface area contributed by atoms with Gasteiger partial charge in [0.25, 0.3) is 0 Å². The summed E-state index contributed by atoms with van der Waals surface area (Å²) in [5.41, 5.74) is 0.780. The molecule has 1 saturated carbocycles. The Kier molecular flexibility index (Phi) is 9.54. The maximum Gasteiger partial charge on any atom is 0.414 e. The average Bonchev–Trinajstić information content (AvgIpc) is 2.64. The summed E-state index contributed by atoms with van der Waals surface area (Å²) < 4.78 is 12.8. The summed E-state index contributed by atoms with van der Waals surface area (Å²) >= 11 is 0. The van der Waals surface area contributed by atoms with Gasteiger partial charge in [-0.1, -0.05) is 19.3 Å². The molecule has 1 amide bonds. The van der Waals surface area contributed by atoms with Gasteiger partial charge in [-0.15, -0.1) is 0 Å². The second kappa shape index (κ2) is 11.4. The van der Waals surface area contributed by atoms with E-state index in [2.05, 4.69) is 29.6 Å². The van der Waals surface area contributed by atoms with Crippen LogP contribution in [-0.2, 0) is 14.4 Å². The van der Waals surface area contributed by atoms with E-state index in [1.807, 2.05) is 0 Å². The van der Waals surface area contributed by atoms with Crippen molar-refractivity contribution in [1.29, 1.82) is 0 Å². The predicted molar refractivity (Wildman–Crippen MR) is 103 cm³/mol. The zero-order valence-corrected chi connectivity index (χ0v) is 16.2. The van der Waals surface area contributed by atoms with Gasteiger partial charge in [-0.2, -0.15) is 0 Å². The molecule has 0 heterocycles. The number of hydrogen-bond donors (Lipinski definition) is 4. The third-order valence-corrected chi connectivity index (χ3v) is 4.78. The van der Waals surface area contributed by atoms with Crippen molar-refractivity contribution < 1.29 is 29.0 Å². The van der Waals surface area contributed by atoms with Crippen LogP contribution < -0.4 is 10.6 Å². The van der Waals surface area contributed by atoms with E-state index >= 15 is 0 Å². The number of aliphatic carboxylic acids is 2. The number of amides is 1. The molecule has 1 aliphatic rings. The summed E-state index contributed by atoms with van der Waals surface area (Å²) in [7, 11) is 4.23. The van der Waals surface area contributed by atoms with Gasteiger partial charge in [0.05, 0.1) is 6.54 Å². The first-order chi connectivity index (χ1) is 13.2. The molecule has 0 spiro atoms. The molecule has 8 nitrogen and oxygen atoms in total. The number of nitrogens with zero attached hydrogens (tertiary/aromatic N) is 1. The van der Waals surface area contributed by atoms with Crippen LogP contribution >= 0.6 is 0 Å². The minimum absolute atomic E-state index is 0.101. The van der Waals surface area contributed by atoms with Gasteiger partial charge in [0.15, 0.2) is 0 Å². The molecule has 0 aromatic heterocycles. The van der Waals surface area contributed by atoms with Crippen molar-refractivity contribution in [1.82, 2.24) is 10.2 Å². The molecule has 156 valence electrons. The number of carbonyl (C=O) groups is 3. The summed E-state index contributed by atoms with van der Waals surface area (Å²) in [4.78, 5) is 32.4. The number of likely N-dealkylation sites (N-methyl/N-ethyl adjacent to an activating group) is 1. The van der Waals surface area contributed by atoms with Gasteiger partial charge in [-0.25, -0.2) is 14.0 Å². The maximum absolute atomic E-state index is 12.8. The van der Waals surface area contributed by atoms with Crippen molar-refractivity contribution in [2.45, 2.75) is 37.6 Å². The second-order valence-corrected chi connectivity index (χ2v) is 6.95. The first-order valence-corrected chi connectivity index (χ1v) is 9.06. The highest BCUT2D eigenvalue weighted by Crippen LogP contribution is 2.31. The molecule has 1 aliphatic carbocycles. The van der Waals surface area contributed by atoms with Crippen LogP contribution in [0.3, 0.4) is 0 Å². The van der Waals surface area contributed by atoms with Crippen molar-refractivity contribution in [2.75, 3.05) is 32.5 Å². The van der Waals surface area contributed by atoms with Crippen molar-refractivity contribution >= 4 is 23.5 Å². The van der Waals surface area contributed by atoms with Crippen LogP contribution in [0.15, 0.2) is 24.3 Å². The van der Waals surface area contributed by atoms with Crippen molar-refractivity contribution in [3.05, 3.63) is 30.1 Å².